The van der Waals surface area contributed by atoms with Crippen molar-refractivity contribution in [3.05, 3.63) is 82.2 Å². The number of carbonyl (C=O) groups is 1. The third kappa shape index (κ3) is 3.78. The van der Waals surface area contributed by atoms with Crippen LogP contribution in [0.15, 0.2) is 60.9 Å². The monoisotopic (exact) mass is 376 g/mol. The number of nitrogens with zero attached hydrogens (tertiary/aromatic N) is 3. The predicted molar refractivity (Wildman–Crippen MR) is 89.6 cm³/mol. The Morgan fingerprint density at radius 1 is 1.15 bits per heavy atom. The molecule has 0 aliphatic carbocycles. The Hall–Kier alpha value is -3.69. The molecule has 1 amide bonds. The molecule has 0 aliphatic heterocycles. The molecule has 2 aromatic carbocycles. The van der Waals surface area contributed by atoms with Crippen LogP contribution in [0.5, 0.6) is 0 Å². The fraction of sp³-hybridized carbons (Fsp3) is 0.0588. The maximum Gasteiger partial charge on any atom is 0.418 e. The van der Waals surface area contributed by atoms with Crippen LogP contribution in [0.3, 0.4) is 0 Å². The van der Waals surface area contributed by atoms with Crippen molar-refractivity contribution in [3.8, 4) is 5.69 Å². The molecule has 0 radical (unpaired) electrons. The number of para-hydroxylation sites is 1. The number of alkyl halides is 3. The number of nitrogens with one attached hydrogen (secondary N) is 1. The van der Waals surface area contributed by atoms with Gasteiger partial charge in [0.05, 0.1) is 21.9 Å². The van der Waals surface area contributed by atoms with Gasteiger partial charge in [0.15, 0.2) is 0 Å². The van der Waals surface area contributed by atoms with E-state index in [2.05, 4.69) is 10.4 Å². The quantitative estimate of drug-likeness (QED) is 0.549. The number of benzene rings is 2. The first-order valence-electron chi connectivity index (χ1n) is 7.53. The Balaban J connectivity index is 2.00. The van der Waals surface area contributed by atoms with Crippen molar-refractivity contribution in [2.45, 2.75) is 6.18 Å². The molecule has 10 heteroatoms. The Morgan fingerprint density at radius 2 is 1.89 bits per heavy atom. The summed E-state index contributed by atoms with van der Waals surface area (Å²) in [5.74, 6) is -1.01. The lowest BCUT2D eigenvalue weighted by Gasteiger charge is -2.15. The van der Waals surface area contributed by atoms with E-state index in [0.717, 1.165) is 18.2 Å². The summed E-state index contributed by atoms with van der Waals surface area (Å²) in [4.78, 5) is 22.6. The van der Waals surface area contributed by atoms with Crippen LogP contribution in [0.4, 0.5) is 24.5 Å². The molecule has 0 fully saturated rings. The van der Waals surface area contributed by atoms with Crippen molar-refractivity contribution in [2.75, 3.05) is 5.32 Å². The van der Waals surface area contributed by atoms with E-state index >= 15 is 0 Å². The van der Waals surface area contributed by atoms with Crippen LogP contribution in [-0.2, 0) is 6.18 Å². The second kappa shape index (κ2) is 6.90. The summed E-state index contributed by atoms with van der Waals surface area (Å²) in [7, 11) is 0. The average molecular weight is 376 g/mol. The second-order valence-corrected chi connectivity index (χ2v) is 5.41. The topological polar surface area (TPSA) is 90.1 Å². The van der Waals surface area contributed by atoms with E-state index in [1.54, 1.807) is 6.07 Å². The smallest absolute Gasteiger partial charge is 0.321 e. The van der Waals surface area contributed by atoms with Crippen LogP contribution in [0.2, 0.25) is 0 Å². The number of anilines is 1. The average Bonchev–Trinajstić information content (AvgIpc) is 3.15. The molecule has 0 bridgehead atoms. The number of nitro benzene ring substituents is 1. The van der Waals surface area contributed by atoms with Crippen molar-refractivity contribution < 1.29 is 22.9 Å². The summed E-state index contributed by atoms with van der Waals surface area (Å²) in [5, 5.41) is 17.0. The van der Waals surface area contributed by atoms with Gasteiger partial charge in [-0.1, -0.05) is 12.1 Å². The minimum Gasteiger partial charge on any atom is -0.321 e. The highest BCUT2D eigenvalue weighted by Gasteiger charge is 2.35. The molecule has 0 saturated carbocycles. The molecule has 138 valence electrons. The summed E-state index contributed by atoms with van der Waals surface area (Å²) in [6.07, 6.45) is -1.87. The molecular weight excluding hydrogens is 365 g/mol. The summed E-state index contributed by atoms with van der Waals surface area (Å²) in [5.41, 5.74) is -2.30. The van der Waals surface area contributed by atoms with Gasteiger partial charge in [-0.25, -0.2) is 4.68 Å². The van der Waals surface area contributed by atoms with Crippen LogP contribution in [0, 0.1) is 10.1 Å². The number of nitro groups is 1. The number of hydrogen-bond donors (Lipinski definition) is 1. The zero-order valence-electron chi connectivity index (χ0n) is 13.5. The fourth-order valence-corrected chi connectivity index (χ4v) is 2.45. The molecule has 0 atom stereocenters. The molecule has 27 heavy (non-hydrogen) atoms. The molecule has 3 aromatic rings. The van der Waals surface area contributed by atoms with E-state index in [1.165, 1.54) is 41.3 Å². The summed E-state index contributed by atoms with van der Waals surface area (Å²) < 4.78 is 41.6. The number of hydrogen-bond acceptors (Lipinski definition) is 4. The van der Waals surface area contributed by atoms with Gasteiger partial charge in [-0.05, 0) is 30.3 Å². The van der Waals surface area contributed by atoms with Crippen molar-refractivity contribution in [1.29, 1.82) is 0 Å². The summed E-state index contributed by atoms with van der Waals surface area (Å²) >= 11 is 0. The van der Waals surface area contributed by atoms with Crippen molar-refractivity contribution in [2.24, 2.45) is 0 Å². The van der Waals surface area contributed by atoms with Crippen molar-refractivity contribution >= 4 is 17.3 Å². The van der Waals surface area contributed by atoms with E-state index in [1.807, 2.05) is 0 Å². The lowest BCUT2D eigenvalue weighted by Crippen LogP contribution is -2.18. The molecular formula is C17H11F3N4O3. The first-order valence-corrected chi connectivity index (χ1v) is 7.53. The number of halogens is 3. The highest BCUT2D eigenvalue weighted by atomic mass is 19.4. The van der Waals surface area contributed by atoms with Gasteiger partial charge in [0.1, 0.15) is 5.56 Å². The zero-order chi connectivity index (χ0) is 19.6. The number of aromatic nitrogens is 2. The SMILES string of the molecule is O=C(Nc1ccc(-n2cccn2)cc1C(F)(F)F)c1ccccc1[N+](=O)[O-]. The van der Waals surface area contributed by atoms with Crippen molar-refractivity contribution in [3.63, 3.8) is 0 Å². The molecule has 1 N–H and O–H groups in total. The Bertz CT molecular complexity index is 1000. The van der Waals surface area contributed by atoms with Gasteiger partial charge in [0.25, 0.3) is 11.6 Å². The standard InChI is InChI=1S/C17H11F3N4O3/c18-17(19,20)13-10-11(23-9-3-8-21-23)6-7-14(13)22-16(25)12-4-1-2-5-15(12)24(26)27/h1-10H,(H,22,25). The second-order valence-electron chi connectivity index (χ2n) is 5.41. The van der Waals surface area contributed by atoms with Gasteiger partial charge in [-0.2, -0.15) is 18.3 Å². The van der Waals surface area contributed by atoms with Crippen LogP contribution >= 0.6 is 0 Å². The normalized spacial score (nSPS) is 11.2. The minimum absolute atomic E-state index is 0.149. The highest BCUT2D eigenvalue weighted by molar-refractivity contribution is 6.07. The maximum absolute atomic E-state index is 13.4. The van der Waals surface area contributed by atoms with E-state index < -0.39 is 33.9 Å². The largest absolute Gasteiger partial charge is 0.418 e. The maximum atomic E-state index is 13.4. The van der Waals surface area contributed by atoms with Gasteiger partial charge in [-0.15, -0.1) is 0 Å². The lowest BCUT2D eigenvalue weighted by atomic mass is 10.1. The number of rotatable bonds is 4. The Morgan fingerprint density at radius 3 is 2.52 bits per heavy atom. The van der Waals surface area contributed by atoms with Crippen LogP contribution in [0.25, 0.3) is 5.69 Å². The molecule has 1 heterocycles. The van der Waals surface area contributed by atoms with E-state index in [4.69, 9.17) is 0 Å². The van der Waals surface area contributed by atoms with Gasteiger partial charge in [0.2, 0.25) is 0 Å². The molecule has 0 unspecified atom stereocenters. The summed E-state index contributed by atoms with van der Waals surface area (Å²) in [6, 6.07) is 9.81. The van der Waals surface area contributed by atoms with Crippen LogP contribution in [0.1, 0.15) is 15.9 Å². The number of amides is 1. The molecule has 7 nitrogen and oxygen atoms in total. The summed E-state index contributed by atoms with van der Waals surface area (Å²) in [6.45, 7) is 0. The highest BCUT2D eigenvalue weighted by Crippen LogP contribution is 2.36. The molecule has 3 rings (SSSR count). The van der Waals surface area contributed by atoms with E-state index in [9.17, 15) is 28.1 Å². The van der Waals surface area contributed by atoms with E-state index in [-0.39, 0.29) is 11.3 Å². The Kier molecular flexibility index (Phi) is 4.63. The fourth-order valence-electron chi connectivity index (χ4n) is 2.45. The van der Waals surface area contributed by atoms with Gasteiger partial charge < -0.3 is 5.32 Å². The molecule has 0 aliphatic rings. The molecule has 1 aromatic heterocycles. The Labute approximate surface area is 150 Å². The number of carbonyl (C=O) groups excluding carboxylic acids is 1. The third-order valence-corrected chi connectivity index (χ3v) is 3.67. The predicted octanol–water partition coefficient (Wildman–Crippen LogP) is 4.05. The minimum atomic E-state index is -4.76. The van der Waals surface area contributed by atoms with Gasteiger partial charge in [0, 0.05) is 18.5 Å². The lowest BCUT2D eigenvalue weighted by molar-refractivity contribution is -0.385. The third-order valence-electron chi connectivity index (χ3n) is 3.67. The zero-order valence-corrected chi connectivity index (χ0v) is 13.5. The molecule has 0 spiro atoms. The van der Waals surface area contributed by atoms with E-state index in [0.29, 0.717) is 0 Å². The van der Waals surface area contributed by atoms with Gasteiger partial charge >= 0.3 is 6.18 Å². The van der Waals surface area contributed by atoms with Crippen LogP contribution in [-0.4, -0.2) is 20.6 Å². The first kappa shape index (κ1) is 18.1. The van der Waals surface area contributed by atoms with Crippen LogP contribution < -0.4 is 5.32 Å². The molecule has 0 saturated heterocycles. The van der Waals surface area contributed by atoms with Crippen molar-refractivity contribution in [1.82, 2.24) is 9.78 Å². The first-order chi connectivity index (χ1) is 12.8. The van der Waals surface area contributed by atoms with Gasteiger partial charge in [-0.3, -0.25) is 14.9 Å².